The molecule has 7 heteroatoms. The van der Waals surface area contributed by atoms with Crippen molar-refractivity contribution >= 4 is 17.5 Å². The average molecular weight is 405 g/mol. The third kappa shape index (κ3) is 5.35. The average Bonchev–Trinajstić information content (AvgIpc) is 2.74. The highest BCUT2D eigenvalue weighted by Gasteiger charge is 2.09. The van der Waals surface area contributed by atoms with E-state index in [0.29, 0.717) is 23.5 Å². The molecule has 3 aromatic rings. The van der Waals surface area contributed by atoms with Gasteiger partial charge >= 0.3 is 0 Å². The summed E-state index contributed by atoms with van der Waals surface area (Å²) in [6, 6.07) is 17.3. The number of carbonyl (C=O) groups excluding carboxylic acids is 2. The number of nitrogens with zero attached hydrogens (tertiary/aromatic N) is 1. The number of pyridine rings is 1. The van der Waals surface area contributed by atoms with Gasteiger partial charge in [-0.1, -0.05) is 18.2 Å². The minimum atomic E-state index is -0.325. The van der Waals surface area contributed by atoms with E-state index in [4.69, 9.17) is 4.74 Å². The lowest BCUT2D eigenvalue weighted by Gasteiger charge is -2.10. The first kappa shape index (κ1) is 20.9. The first-order chi connectivity index (χ1) is 14.5. The zero-order valence-corrected chi connectivity index (χ0v) is 16.8. The quantitative estimate of drug-likeness (QED) is 0.633. The van der Waals surface area contributed by atoms with Gasteiger partial charge in [0, 0.05) is 35.6 Å². The Kier molecular flexibility index (Phi) is 6.64. The van der Waals surface area contributed by atoms with Crippen LogP contribution in [-0.4, -0.2) is 23.5 Å². The Morgan fingerprint density at radius 1 is 1.03 bits per heavy atom. The topological polar surface area (TPSA) is 89.4 Å². The van der Waals surface area contributed by atoms with Gasteiger partial charge < -0.3 is 19.9 Å². The molecule has 30 heavy (non-hydrogen) atoms. The molecule has 0 bridgehead atoms. The number of amides is 2. The van der Waals surface area contributed by atoms with Crippen molar-refractivity contribution in [2.24, 2.45) is 0 Å². The van der Waals surface area contributed by atoms with Crippen LogP contribution in [0.5, 0.6) is 5.75 Å². The van der Waals surface area contributed by atoms with Crippen LogP contribution in [0.25, 0.3) is 0 Å². The predicted molar refractivity (Wildman–Crippen MR) is 115 cm³/mol. The molecule has 0 fully saturated rings. The van der Waals surface area contributed by atoms with Crippen LogP contribution in [0.2, 0.25) is 0 Å². The van der Waals surface area contributed by atoms with Gasteiger partial charge in [0.2, 0.25) is 5.91 Å². The lowest BCUT2D eigenvalue weighted by atomic mass is 10.1. The van der Waals surface area contributed by atoms with E-state index in [1.54, 1.807) is 43.6 Å². The van der Waals surface area contributed by atoms with Crippen LogP contribution in [0.15, 0.2) is 71.7 Å². The normalized spacial score (nSPS) is 10.3. The van der Waals surface area contributed by atoms with E-state index >= 15 is 0 Å². The van der Waals surface area contributed by atoms with Gasteiger partial charge in [0.25, 0.3) is 11.5 Å². The molecule has 2 N–H and O–H groups in total. The molecule has 7 nitrogen and oxygen atoms in total. The molecular formula is C23H23N3O4. The summed E-state index contributed by atoms with van der Waals surface area (Å²) in [6.07, 6.45) is 1.59. The lowest BCUT2D eigenvalue weighted by molar-refractivity contribution is -0.116. The molecule has 0 aliphatic heterocycles. The summed E-state index contributed by atoms with van der Waals surface area (Å²) < 4.78 is 6.61. The van der Waals surface area contributed by atoms with Gasteiger partial charge in [-0.25, -0.2) is 0 Å². The van der Waals surface area contributed by atoms with Crippen LogP contribution in [0.3, 0.4) is 0 Å². The smallest absolute Gasteiger partial charge is 0.251 e. The number of ether oxygens (including phenoxy) is 1. The van der Waals surface area contributed by atoms with Crippen LogP contribution < -0.4 is 20.9 Å². The molecule has 2 aromatic carbocycles. The van der Waals surface area contributed by atoms with E-state index in [-0.39, 0.29) is 23.9 Å². The summed E-state index contributed by atoms with van der Waals surface area (Å²) in [7, 11) is 1.59. The number of methoxy groups -OCH3 is 1. The Morgan fingerprint density at radius 3 is 2.47 bits per heavy atom. The molecule has 0 saturated carbocycles. The molecule has 0 unspecified atom stereocenters. The van der Waals surface area contributed by atoms with E-state index < -0.39 is 0 Å². The fraction of sp³-hybridized carbons (Fsp3) is 0.174. The van der Waals surface area contributed by atoms with E-state index in [9.17, 15) is 14.4 Å². The lowest BCUT2D eigenvalue weighted by Crippen LogP contribution is -2.27. The number of hydrogen-bond donors (Lipinski definition) is 2. The minimum Gasteiger partial charge on any atom is -0.496 e. The number of hydrogen-bond acceptors (Lipinski definition) is 4. The molecule has 1 aromatic heterocycles. The molecule has 154 valence electrons. The number of aryl methyl sites for hydroxylation is 1. The van der Waals surface area contributed by atoms with Crippen LogP contribution in [0.4, 0.5) is 5.69 Å². The van der Waals surface area contributed by atoms with Crippen molar-refractivity contribution in [2.45, 2.75) is 20.0 Å². The predicted octanol–water partition coefficient (Wildman–Crippen LogP) is 2.73. The Hall–Kier alpha value is -3.87. The van der Waals surface area contributed by atoms with Crippen LogP contribution >= 0.6 is 0 Å². The number of rotatable bonds is 7. The van der Waals surface area contributed by atoms with Gasteiger partial charge in [-0.05, 0) is 48.9 Å². The summed E-state index contributed by atoms with van der Waals surface area (Å²) in [5.74, 6) is 0.155. The summed E-state index contributed by atoms with van der Waals surface area (Å²) in [5.41, 5.74) is 2.51. The third-order valence-electron chi connectivity index (χ3n) is 4.53. The van der Waals surface area contributed by atoms with E-state index in [1.165, 1.54) is 10.6 Å². The fourth-order valence-electron chi connectivity index (χ4n) is 2.92. The van der Waals surface area contributed by atoms with Gasteiger partial charge in [-0.3, -0.25) is 14.4 Å². The van der Waals surface area contributed by atoms with Crippen molar-refractivity contribution in [3.05, 3.63) is 93.9 Å². The largest absolute Gasteiger partial charge is 0.496 e. The van der Waals surface area contributed by atoms with Crippen molar-refractivity contribution in [1.82, 2.24) is 9.88 Å². The Labute approximate surface area is 174 Å². The molecule has 2 amide bonds. The van der Waals surface area contributed by atoms with Crippen molar-refractivity contribution in [1.29, 1.82) is 0 Å². The SMILES string of the molecule is COc1ccccc1CNC(=O)c1ccc(NC(=O)Cn2ccc(C)cc2=O)cc1. The van der Waals surface area contributed by atoms with E-state index in [1.807, 2.05) is 31.2 Å². The third-order valence-corrected chi connectivity index (χ3v) is 4.53. The van der Waals surface area contributed by atoms with Gasteiger partial charge in [0.15, 0.2) is 0 Å². The van der Waals surface area contributed by atoms with Gasteiger partial charge in [-0.15, -0.1) is 0 Å². The van der Waals surface area contributed by atoms with Gasteiger partial charge in [0.1, 0.15) is 12.3 Å². The second-order valence-electron chi connectivity index (χ2n) is 6.79. The number of anilines is 1. The number of aromatic nitrogens is 1. The summed E-state index contributed by atoms with van der Waals surface area (Å²) in [6.45, 7) is 2.08. The Morgan fingerprint density at radius 2 is 1.77 bits per heavy atom. The Bertz CT molecular complexity index is 1100. The highest BCUT2D eigenvalue weighted by Crippen LogP contribution is 2.17. The second-order valence-corrected chi connectivity index (χ2v) is 6.79. The first-order valence-electron chi connectivity index (χ1n) is 9.43. The molecule has 0 aliphatic carbocycles. The molecule has 0 saturated heterocycles. The summed E-state index contributed by atoms with van der Waals surface area (Å²) in [5, 5.41) is 5.57. The molecular weight excluding hydrogens is 382 g/mol. The van der Waals surface area contributed by atoms with E-state index in [0.717, 1.165) is 11.1 Å². The van der Waals surface area contributed by atoms with Crippen molar-refractivity contribution < 1.29 is 14.3 Å². The second kappa shape index (κ2) is 9.56. The van der Waals surface area contributed by atoms with Crippen molar-refractivity contribution in [3.63, 3.8) is 0 Å². The van der Waals surface area contributed by atoms with Crippen LogP contribution in [-0.2, 0) is 17.9 Å². The maximum atomic E-state index is 12.4. The number of nitrogens with one attached hydrogen (secondary N) is 2. The molecule has 1 heterocycles. The zero-order valence-electron chi connectivity index (χ0n) is 16.8. The van der Waals surface area contributed by atoms with Crippen LogP contribution in [0, 0.1) is 6.92 Å². The number of benzene rings is 2. The van der Waals surface area contributed by atoms with Crippen molar-refractivity contribution in [3.8, 4) is 5.75 Å². The maximum Gasteiger partial charge on any atom is 0.251 e. The molecule has 3 rings (SSSR count). The standard InChI is InChI=1S/C23H23N3O4/c1-16-11-12-26(22(28)13-16)15-21(27)25-19-9-7-17(8-10-19)23(29)24-14-18-5-3-4-6-20(18)30-2/h3-13H,14-15H2,1-2H3,(H,24,29)(H,25,27). The highest BCUT2D eigenvalue weighted by molar-refractivity contribution is 5.95. The molecule has 0 radical (unpaired) electrons. The molecule has 0 atom stereocenters. The van der Waals surface area contributed by atoms with E-state index in [2.05, 4.69) is 10.6 Å². The number of para-hydroxylation sites is 1. The summed E-state index contributed by atoms with van der Waals surface area (Å²) in [4.78, 5) is 36.5. The zero-order chi connectivity index (χ0) is 21.5. The number of carbonyl (C=O) groups is 2. The van der Waals surface area contributed by atoms with Crippen LogP contribution in [0.1, 0.15) is 21.5 Å². The molecule has 0 aliphatic rings. The minimum absolute atomic E-state index is 0.0831. The maximum absolute atomic E-state index is 12.4. The van der Waals surface area contributed by atoms with Gasteiger partial charge in [0.05, 0.1) is 7.11 Å². The van der Waals surface area contributed by atoms with Crippen molar-refractivity contribution in [2.75, 3.05) is 12.4 Å². The Balaban J connectivity index is 1.56. The summed E-state index contributed by atoms with van der Waals surface area (Å²) >= 11 is 0. The first-order valence-corrected chi connectivity index (χ1v) is 9.43. The monoisotopic (exact) mass is 405 g/mol. The van der Waals surface area contributed by atoms with Gasteiger partial charge in [-0.2, -0.15) is 0 Å². The molecule has 0 spiro atoms. The fourth-order valence-corrected chi connectivity index (χ4v) is 2.92. The highest BCUT2D eigenvalue weighted by atomic mass is 16.5.